The summed E-state index contributed by atoms with van der Waals surface area (Å²) in [5.41, 5.74) is 12.7. The molecule has 43 heavy (non-hydrogen) atoms. The van der Waals surface area contributed by atoms with Crippen molar-refractivity contribution in [2.75, 3.05) is 0 Å². The minimum Gasteiger partial charge on any atom is -0.657 e. The normalized spacial score (nSPS) is 12.1. The molecule has 0 aromatic carbocycles. The maximum atomic E-state index is 12.5. The Morgan fingerprint density at radius 2 is 0.977 bits per heavy atom. The number of aldehydes is 1. The number of aryl methyl sites for hydroxylation is 4. The molecule has 0 fully saturated rings. The molecule has 3 aromatic rings. The maximum Gasteiger partial charge on any atom is 2.00 e. The molecule has 5 heterocycles. The molecule has 0 saturated carbocycles. The molecule has 0 atom stereocenters. The van der Waals surface area contributed by atoms with E-state index in [0.29, 0.717) is 5.56 Å². The Kier molecular flexibility index (Phi) is 11.8. The van der Waals surface area contributed by atoms with Crippen LogP contribution in [-0.4, -0.2) is 16.3 Å². The molecule has 229 valence electrons. The number of unbranched alkanes of at least 4 members (excludes halogenated alkanes) is 4. The number of aromatic nitrogens is 4. The Bertz CT molecular complexity index is 1660. The third-order valence-corrected chi connectivity index (χ3v) is 8.42. The third-order valence-electron chi connectivity index (χ3n) is 8.42. The molecule has 1 radical (unpaired) electrons. The van der Waals surface area contributed by atoms with Gasteiger partial charge in [-0.3, -0.25) is 4.79 Å². The Hall–Kier alpha value is -3.21. The van der Waals surface area contributed by atoms with Gasteiger partial charge in [-0.2, -0.15) is 0 Å². The van der Waals surface area contributed by atoms with E-state index < -0.39 is 0 Å². The van der Waals surface area contributed by atoms with Crippen LogP contribution in [0.5, 0.6) is 0 Å². The fourth-order valence-corrected chi connectivity index (χ4v) is 5.96. The van der Waals surface area contributed by atoms with Gasteiger partial charge in [-0.1, -0.05) is 71.6 Å². The summed E-state index contributed by atoms with van der Waals surface area (Å²) in [5, 5.41) is 0. The zero-order valence-electron chi connectivity index (χ0n) is 26.1. The minimum atomic E-state index is 0. The number of carbonyl (C=O) groups excluding carboxylic acids is 1. The standard InChI is InChI=1S/C37H45N4O.Cu/c1-5-9-13-26-30-17-18-31(38-30)27(14-10-6-2)33-21-22-35(40-33)29(16-12-8-4)37-25(24-42)23-36(41-37)28(15-11-7-3)34-20-19-32(26)39-34;/h17-24H,5-16H2,1-4H3,(H-,38,39,40,41,42);/q-1;+2/p-1. The number of rotatable bonds is 13. The quantitative estimate of drug-likeness (QED) is 0.0966. The zero-order valence-corrected chi connectivity index (χ0v) is 27.0. The zero-order chi connectivity index (χ0) is 29.5. The van der Waals surface area contributed by atoms with Crippen LogP contribution in [0.15, 0.2) is 18.2 Å². The molecule has 5 rings (SSSR count). The van der Waals surface area contributed by atoms with Gasteiger partial charge in [0.15, 0.2) is 0 Å². The summed E-state index contributed by atoms with van der Waals surface area (Å²) in [6, 6.07) is 6.31. The molecule has 3 aromatic heterocycles. The van der Waals surface area contributed by atoms with E-state index in [9.17, 15) is 4.79 Å². The van der Waals surface area contributed by atoms with E-state index in [-0.39, 0.29) is 17.1 Å². The van der Waals surface area contributed by atoms with Crippen molar-refractivity contribution in [3.63, 3.8) is 0 Å². The SMILES string of the molecule is CCCCc1c2nc(c(CCCC)c3cc(C=O)c([n-]3)c(CCCC)c3nc(c(CCCC)c4ccc1[n-]4)C=C3)C=C2.[Cu+2]. The van der Waals surface area contributed by atoms with Crippen LogP contribution in [0.1, 0.15) is 134 Å². The average molecular weight is 624 g/mol. The molecule has 5 nitrogen and oxygen atoms in total. The fraction of sp³-hybridized carbons (Fsp3) is 0.432. The predicted octanol–water partition coefficient (Wildman–Crippen LogP) is 9.09. The Balaban J connectivity index is 0.00000423. The number of nitrogens with zero attached hydrogens (tertiary/aromatic N) is 4. The molecular weight excluding hydrogens is 580 g/mol. The predicted molar refractivity (Wildman–Crippen MR) is 177 cm³/mol. The van der Waals surface area contributed by atoms with Gasteiger partial charge in [0.05, 0.1) is 22.8 Å². The van der Waals surface area contributed by atoms with Crippen LogP contribution in [0.2, 0.25) is 0 Å². The Labute approximate surface area is 267 Å². The summed E-state index contributed by atoms with van der Waals surface area (Å²) in [4.78, 5) is 33.3. The van der Waals surface area contributed by atoms with Crippen LogP contribution in [0.4, 0.5) is 0 Å². The molecule has 0 amide bonds. The van der Waals surface area contributed by atoms with Gasteiger partial charge in [-0.25, -0.2) is 9.97 Å². The van der Waals surface area contributed by atoms with Crippen LogP contribution in [0.3, 0.4) is 0 Å². The molecule has 6 heteroatoms. The summed E-state index contributed by atoms with van der Waals surface area (Å²) in [5.74, 6) is 0. The number of fused-ring (bicyclic) bond motifs is 8. The first kappa shape index (κ1) is 32.7. The van der Waals surface area contributed by atoms with Gasteiger partial charge in [0.2, 0.25) is 0 Å². The van der Waals surface area contributed by atoms with E-state index in [1.807, 2.05) is 6.07 Å². The van der Waals surface area contributed by atoms with Crippen molar-refractivity contribution in [1.29, 1.82) is 0 Å². The van der Waals surface area contributed by atoms with Crippen molar-refractivity contribution >= 4 is 52.7 Å². The van der Waals surface area contributed by atoms with Crippen molar-refractivity contribution < 1.29 is 21.9 Å². The van der Waals surface area contributed by atoms with E-state index in [4.69, 9.17) is 19.9 Å². The first-order valence-electron chi connectivity index (χ1n) is 16.1. The molecule has 0 unspecified atom stereocenters. The molecule has 0 aliphatic carbocycles. The second-order valence-electron chi connectivity index (χ2n) is 11.5. The van der Waals surface area contributed by atoms with Crippen molar-refractivity contribution in [2.45, 2.75) is 105 Å². The number of hydrogen-bond donors (Lipinski definition) is 0. The maximum absolute atomic E-state index is 12.5. The van der Waals surface area contributed by atoms with E-state index in [1.54, 1.807) is 0 Å². The van der Waals surface area contributed by atoms with E-state index in [2.05, 4.69) is 64.1 Å². The Morgan fingerprint density at radius 1 is 0.581 bits per heavy atom. The van der Waals surface area contributed by atoms with E-state index >= 15 is 0 Å². The van der Waals surface area contributed by atoms with Gasteiger partial charge >= 0.3 is 17.1 Å². The van der Waals surface area contributed by atoms with Gasteiger partial charge in [0, 0.05) is 0 Å². The molecule has 0 saturated heterocycles. The van der Waals surface area contributed by atoms with Crippen LogP contribution in [0, 0.1) is 0 Å². The second kappa shape index (κ2) is 15.5. The third kappa shape index (κ3) is 7.13. The van der Waals surface area contributed by atoms with Gasteiger partial charge in [0.25, 0.3) is 0 Å². The molecular formula is C37H44CuN4O. The van der Waals surface area contributed by atoms with Gasteiger partial charge in [-0.15, -0.1) is 22.1 Å². The number of hydrogen-bond acceptors (Lipinski definition) is 3. The molecule has 8 bridgehead atoms. The summed E-state index contributed by atoms with van der Waals surface area (Å²) in [6.45, 7) is 8.85. The van der Waals surface area contributed by atoms with Crippen molar-refractivity contribution in [3.8, 4) is 0 Å². The minimum absolute atomic E-state index is 0. The first-order chi connectivity index (χ1) is 20.6. The monoisotopic (exact) mass is 623 g/mol. The van der Waals surface area contributed by atoms with Gasteiger partial charge < -0.3 is 9.97 Å². The van der Waals surface area contributed by atoms with Crippen LogP contribution < -0.4 is 9.97 Å². The van der Waals surface area contributed by atoms with Gasteiger partial charge in [-0.05, 0) is 103 Å². The van der Waals surface area contributed by atoms with Crippen LogP contribution in [0.25, 0.3) is 46.4 Å². The summed E-state index contributed by atoms with van der Waals surface area (Å²) < 4.78 is 0. The second-order valence-corrected chi connectivity index (χ2v) is 11.5. The first-order valence-corrected chi connectivity index (χ1v) is 16.1. The van der Waals surface area contributed by atoms with Crippen molar-refractivity contribution in [1.82, 2.24) is 19.9 Å². The Morgan fingerprint density at radius 3 is 1.40 bits per heavy atom. The van der Waals surface area contributed by atoms with E-state index in [1.165, 1.54) is 11.1 Å². The average Bonchev–Trinajstić information content (AvgIpc) is 3.82. The summed E-state index contributed by atoms with van der Waals surface area (Å²) >= 11 is 0. The largest absolute Gasteiger partial charge is 2.00 e. The van der Waals surface area contributed by atoms with Gasteiger partial charge in [0.1, 0.15) is 6.29 Å². The smallest absolute Gasteiger partial charge is 0.657 e. The van der Waals surface area contributed by atoms with Crippen molar-refractivity contribution in [3.05, 3.63) is 68.8 Å². The number of carbonyl (C=O) groups is 1. The van der Waals surface area contributed by atoms with Crippen molar-refractivity contribution in [2.24, 2.45) is 0 Å². The van der Waals surface area contributed by atoms with E-state index in [0.717, 1.165) is 139 Å². The van der Waals surface area contributed by atoms with Crippen LogP contribution in [-0.2, 0) is 42.8 Å². The summed E-state index contributed by atoms with van der Waals surface area (Å²) in [7, 11) is 0. The molecule has 2 aliphatic rings. The summed E-state index contributed by atoms with van der Waals surface area (Å²) in [6.07, 6.45) is 21.6. The molecule has 0 N–H and O–H groups in total. The fourth-order valence-electron chi connectivity index (χ4n) is 5.96. The van der Waals surface area contributed by atoms with Crippen LogP contribution >= 0.6 is 0 Å². The molecule has 2 aliphatic heterocycles. The topological polar surface area (TPSA) is 71.1 Å². The molecule has 0 spiro atoms.